The highest BCUT2D eigenvalue weighted by Gasteiger charge is 2.42. The van der Waals surface area contributed by atoms with Gasteiger partial charge in [0, 0.05) is 30.7 Å². The molecule has 0 bridgehead atoms. The van der Waals surface area contributed by atoms with Crippen molar-refractivity contribution >= 4 is 23.2 Å². The molecule has 29 heavy (non-hydrogen) atoms. The summed E-state index contributed by atoms with van der Waals surface area (Å²) in [5.41, 5.74) is 1.75. The van der Waals surface area contributed by atoms with Gasteiger partial charge < -0.3 is 15.1 Å². The summed E-state index contributed by atoms with van der Waals surface area (Å²) in [5, 5.41) is 2.80. The lowest BCUT2D eigenvalue weighted by Gasteiger charge is -2.41. The molecule has 152 valence electrons. The van der Waals surface area contributed by atoms with Gasteiger partial charge in [-0.2, -0.15) is 0 Å². The van der Waals surface area contributed by atoms with E-state index in [1.165, 1.54) is 12.1 Å². The molecule has 1 saturated heterocycles. The second-order valence-corrected chi connectivity index (χ2v) is 8.78. The molecule has 0 aliphatic carbocycles. The Labute approximate surface area is 169 Å². The quantitative estimate of drug-likeness (QED) is 0.848. The van der Waals surface area contributed by atoms with Gasteiger partial charge in [0.05, 0.1) is 11.4 Å². The predicted molar refractivity (Wildman–Crippen MR) is 109 cm³/mol. The third kappa shape index (κ3) is 3.14. The monoisotopic (exact) mass is 396 g/mol. The maximum absolute atomic E-state index is 13.3. The lowest BCUT2D eigenvalue weighted by molar-refractivity contribution is -0.133. The molecular weight excluding hydrogens is 371 g/mol. The number of nitrogens with one attached hydrogen (secondary N) is 1. The van der Waals surface area contributed by atoms with Crippen molar-refractivity contribution < 1.29 is 14.0 Å². The average Bonchev–Trinajstić information content (AvgIpc) is 2.95. The minimum absolute atomic E-state index is 0.166. The smallest absolute Gasteiger partial charge is 0.273 e. The number of pyridine rings is 1. The summed E-state index contributed by atoms with van der Waals surface area (Å²) in [6, 6.07) is 9.97. The SMILES string of the molecule is CC1(C)CN(c2ccc(F)cc2)c2ccc(C(=O)N3CCNC(=O)C3(C)C)nc21. The predicted octanol–water partition coefficient (Wildman–Crippen LogP) is 3.00. The molecule has 0 atom stereocenters. The number of piperazine rings is 1. The Morgan fingerprint density at radius 1 is 1.10 bits per heavy atom. The second kappa shape index (κ2) is 6.54. The standard InChI is InChI=1S/C22H25FN4O2/c1-21(2)13-26(15-7-5-14(23)6-8-15)17-10-9-16(25-18(17)21)19(28)27-12-11-24-20(29)22(27,3)4/h5-10H,11-13H2,1-4H3,(H,24,29). The van der Waals surface area contributed by atoms with Crippen molar-refractivity contribution in [3.8, 4) is 0 Å². The Hall–Kier alpha value is -2.96. The first-order valence-corrected chi connectivity index (χ1v) is 9.76. The van der Waals surface area contributed by atoms with Gasteiger partial charge in [-0.1, -0.05) is 13.8 Å². The maximum Gasteiger partial charge on any atom is 0.273 e. The number of fused-ring (bicyclic) bond motifs is 1. The number of carbonyl (C=O) groups is 2. The van der Waals surface area contributed by atoms with Crippen molar-refractivity contribution in [3.05, 3.63) is 53.6 Å². The number of hydrogen-bond donors (Lipinski definition) is 1. The number of aromatic nitrogens is 1. The van der Waals surface area contributed by atoms with Crippen molar-refractivity contribution in [1.82, 2.24) is 15.2 Å². The molecule has 0 saturated carbocycles. The fourth-order valence-corrected chi connectivity index (χ4v) is 4.09. The van der Waals surface area contributed by atoms with Gasteiger partial charge in [-0.05, 0) is 50.2 Å². The third-order valence-corrected chi connectivity index (χ3v) is 5.81. The van der Waals surface area contributed by atoms with E-state index >= 15 is 0 Å². The van der Waals surface area contributed by atoms with E-state index < -0.39 is 5.54 Å². The first-order chi connectivity index (χ1) is 13.6. The van der Waals surface area contributed by atoms with Crippen molar-refractivity contribution in [3.63, 3.8) is 0 Å². The van der Waals surface area contributed by atoms with Gasteiger partial charge in [-0.3, -0.25) is 9.59 Å². The molecule has 4 rings (SSSR count). The number of carbonyl (C=O) groups excluding carboxylic acids is 2. The molecule has 2 aromatic rings. The Morgan fingerprint density at radius 3 is 2.48 bits per heavy atom. The Balaban J connectivity index is 1.70. The van der Waals surface area contributed by atoms with Gasteiger partial charge in [0.2, 0.25) is 5.91 Å². The van der Waals surface area contributed by atoms with Gasteiger partial charge >= 0.3 is 0 Å². The summed E-state index contributed by atoms with van der Waals surface area (Å²) in [5.74, 6) is -0.690. The van der Waals surface area contributed by atoms with Crippen LogP contribution in [-0.2, 0) is 10.2 Å². The lowest BCUT2D eigenvalue weighted by Crippen LogP contribution is -2.63. The number of anilines is 2. The summed E-state index contributed by atoms with van der Waals surface area (Å²) in [7, 11) is 0. The van der Waals surface area contributed by atoms with Crippen LogP contribution in [0.5, 0.6) is 0 Å². The van der Waals surface area contributed by atoms with E-state index in [0.717, 1.165) is 17.1 Å². The van der Waals surface area contributed by atoms with E-state index in [0.29, 0.717) is 25.3 Å². The van der Waals surface area contributed by atoms with E-state index in [9.17, 15) is 14.0 Å². The van der Waals surface area contributed by atoms with Crippen LogP contribution in [0, 0.1) is 5.82 Å². The molecule has 0 spiro atoms. The molecule has 6 nitrogen and oxygen atoms in total. The van der Waals surface area contributed by atoms with Crippen molar-refractivity contribution in [2.45, 2.75) is 38.6 Å². The molecule has 1 N–H and O–H groups in total. The molecule has 2 aliphatic rings. The summed E-state index contributed by atoms with van der Waals surface area (Å²) in [6.07, 6.45) is 0. The minimum atomic E-state index is -0.925. The normalized spacial score (nSPS) is 19.7. The zero-order valence-electron chi connectivity index (χ0n) is 17.1. The van der Waals surface area contributed by atoms with Crippen molar-refractivity contribution in [2.75, 3.05) is 24.5 Å². The van der Waals surface area contributed by atoms with Crippen LogP contribution in [0.3, 0.4) is 0 Å². The Kier molecular flexibility index (Phi) is 4.37. The van der Waals surface area contributed by atoms with Crippen LogP contribution in [-0.4, -0.2) is 46.9 Å². The van der Waals surface area contributed by atoms with Crippen LogP contribution >= 0.6 is 0 Å². The fourth-order valence-electron chi connectivity index (χ4n) is 4.09. The number of benzene rings is 1. The number of nitrogens with zero attached hydrogens (tertiary/aromatic N) is 3. The van der Waals surface area contributed by atoms with Crippen LogP contribution in [0.25, 0.3) is 0 Å². The number of rotatable bonds is 2. The first kappa shape index (κ1) is 19.4. The van der Waals surface area contributed by atoms with E-state index in [4.69, 9.17) is 4.98 Å². The Bertz CT molecular complexity index is 985. The highest BCUT2D eigenvalue weighted by molar-refractivity contribution is 5.99. The first-order valence-electron chi connectivity index (χ1n) is 9.76. The lowest BCUT2D eigenvalue weighted by atomic mass is 9.91. The van der Waals surface area contributed by atoms with Crippen LogP contribution < -0.4 is 10.2 Å². The molecule has 1 aromatic heterocycles. The zero-order valence-corrected chi connectivity index (χ0v) is 17.1. The zero-order chi connectivity index (χ0) is 21.0. The van der Waals surface area contributed by atoms with E-state index in [1.54, 1.807) is 36.9 Å². The van der Waals surface area contributed by atoms with Crippen LogP contribution in [0.4, 0.5) is 15.8 Å². The van der Waals surface area contributed by atoms with Gasteiger partial charge in [0.25, 0.3) is 5.91 Å². The van der Waals surface area contributed by atoms with Crippen LogP contribution in [0.1, 0.15) is 43.9 Å². The fraction of sp³-hybridized carbons (Fsp3) is 0.409. The summed E-state index contributed by atoms with van der Waals surface area (Å²) < 4.78 is 13.3. The molecule has 3 heterocycles. The molecule has 2 aliphatic heterocycles. The molecule has 0 radical (unpaired) electrons. The highest BCUT2D eigenvalue weighted by atomic mass is 19.1. The average molecular weight is 396 g/mol. The summed E-state index contributed by atoms with van der Waals surface area (Å²) >= 11 is 0. The second-order valence-electron chi connectivity index (χ2n) is 8.78. The summed E-state index contributed by atoms with van der Waals surface area (Å²) in [4.78, 5) is 33.8. The number of amides is 2. The van der Waals surface area contributed by atoms with Crippen LogP contribution in [0.2, 0.25) is 0 Å². The number of halogens is 1. The minimum Gasteiger partial charge on any atom is -0.352 e. The molecule has 1 fully saturated rings. The molecule has 7 heteroatoms. The van der Waals surface area contributed by atoms with E-state index in [-0.39, 0.29) is 23.0 Å². The van der Waals surface area contributed by atoms with Gasteiger partial charge in [0.15, 0.2) is 0 Å². The summed E-state index contributed by atoms with van der Waals surface area (Å²) in [6.45, 7) is 9.20. The van der Waals surface area contributed by atoms with Gasteiger partial charge in [-0.15, -0.1) is 0 Å². The topological polar surface area (TPSA) is 65.5 Å². The molecule has 2 amide bonds. The molecule has 1 aromatic carbocycles. The number of hydrogen-bond acceptors (Lipinski definition) is 4. The maximum atomic E-state index is 13.3. The van der Waals surface area contributed by atoms with E-state index in [2.05, 4.69) is 24.1 Å². The molecular formula is C22H25FN4O2. The van der Waals surface area contributed by atoms with Gasteiger partial charge in [-0.25, -0.2) is 9.37 Å². The largest absolute Gasteiger partial charge is 0.352 e. The van der Waals surface area contributed by atoms with Gasteiger partial charge in [0.1, 0.15) is 17.1 Å². The van der Waals surface area contributed by atoms with Crippen molar-refractivity contribution in [2.24, 2.45) is 0 Å². The Morgan fingerprint density at radius 2 is 1.79 bits per heavy atom. The van der Waals surface area contributed by atoms with E-state index in [1.807, 2.05) is 6.07 Å². The third-order valence-electron chi connectivity index (χ3n) is 5.81. The highest BCUT2D eigenvalue weighted by Crippen LogP contribution is 2.43. The van der Waals surface area contributed by atoms with Crippen LogP contribution in [0.15, 0.2) is 36.4 Å². The van der Waals surface area contributed by atoms with Crippen molar-refractivity contribution in [1.29, 1.82) is 0 Å². The molecule has 0 unspecified atom stereocenters.